The van der Waals surface area contributed by atoms with Crippen LogP contribution < -0.4 is 4.74 Å². The number of benzene rings is 1. The van der Waals surface area contributed by atoms with Crippen molar-refractivity contribution in [2.24, 2.45) is 50.2 Å². The molecule has 0 bridgehead atoms. The first-order valence-electron chi connectivity index (χ1n) is 34.7. The number of hydrogen-bond acceptors (Lipinski definition) is 31. The standard InChI is InChI=1S/C69H102O32/c1-28-52(97-57-48(83)42(77)35(74)26-91-57)47(82)51(86)58(92-28)99-55-54(98-59-49(84)45(80)43(78)36(24-70)94-59)53(96-41(76)16-11-30-9-12-31(90-8)13-10-30)29(2)93-61(55)101-63(89)69-20-19-68(27-72)32(33(69)21-64(3,4)23-40(69)75)14-15-38-65(5)22-34(73)56(67(7,62(87)88)39(65)17-18-66(38,68)6)100-60-50(85)46(81)44(79)37(25-71)95-60/h9-14,16,28-29,33-40,42-61,70-75,77-86H,15,17-27H2,1-8H3,(H,87,88)/b16-11+/t28-,29+,33-,34-,35+,36+,37+,38+,39+,40+,42-,43+,44+,45-,46-,47-,48+,49+,50+,51+,52-,53-,54-,55+,56-,57-,58-,59-,60-,61-,65+,66+,67-,68-,69-/m0/s1. The Labute approximate surface area is 582 Å². The van der Waals surface area contributed by atoms with Gasteiger partial charge >= 0.3 is 17.9 Å². The minimum atomic E-state index is -2.17. The number of fused-ring (bicyclic) bond motifs is 7. The molecule has 101 heavy (non-hydrogen) atoms. The van der Waals surface area contributed by atoms with Gasteiger partial charge in [-0.3, -0.25) is 9.59 Å². The predicted octanol–water partition coefficient (Wildman–Crippen LogP) is -3.27. The average Bonchev–Trinajstić information content (AvgIpc) is 0.667. The van der Waals surface area contributed by atoms with Crippen molar-refractivity contribution >= 4 is 24.0 Å². The molecule has 5 aliphatic carbocycles. The van der Waals surface area contributed by atoms with Crippen LogP contribution in [0.2, 0.25) is 0 Å². The Morgan fingerprint density at radius 3 is 1.74 bits per heavy atom. The van der Waals surface area contributed by atoms with Crippen molar-refractivity contribution in [3.63, 3.8) is 0 Å². The van der Waals surface area contributed by atoms with Crippen molar-refractivity contribution < 1.29 is 158 Å². The summed E-state index contributed by atoms with van der Waals surface area (Å²) >= 11 is 0. The minimum absolute atomic E-state index is 0.0180. The van der Waals surface area contributed by atoms with Gasteiger partial charge in [-0.1, -0.05) is 51.5 Å². The lowest BCUT2D eigenvalue weighted by Gasteiger charge is -2.71. The van der Waals surface area contributed by atoms with Gasteiger partial charge in [-0.15, -0.1) is 0 Å². The molecule has 0 aromatic heterocycles. The first-order chi connectivity index (χ1) is 47.5. The number of aliphatic hydroxyl groups is 16. The summed E-state index contributed by atoms with van der Waals surface area (Å²) in [6.07, 6.45) is -43.0. The molecule has 1 aromatic rings. The van der Waals surface area contributed by atoms with Crippen molar-refractivity contribution in [1.82, 2.24) is 0 Å². The number of aliphatic carboxylic acids is 1. The van der Waals surface area contributed by atoms with Crippen LogP contribution in [0.4, 0.5) is 0 Å². The zero-order valence-electron chi connectivity index (χ0n) is 57.6. The molecule has 1 aromatic carbocycles. The fraction of sp³-hybridized carbons (Fsp3) is 0.812. The molecule has 5 saturated heterocycles. The Balaban J connectivity index is 0.952. The number of rotatable bonds is 18. The Kier molecular flexibility index (Phi) is 22.8. The van der Waals surface area contributed by atoms with Crippen LogP contribution in [0.15, 0.2) is 42.0 Å². The molecule has 0 unspecified atom stereocenters. The maximum absolute atomic E-state index is 16.3. The zero-order chi connectivity index (χ0) is 73.7. The van der Waals surface area contributed by atoms with E-state index in [1.807, 2.05) is 33.8 Å². The number of esters is 2. The van der Waals surface area contributed by atoms with Gasteiger partial charge in [-0.25, -0.2) is 4.79 Å². The van der Waals surface area contributed by atoms with Gasteiger partial charge < -0.3 is 144 Å². The second-order valence-corrected chi connectivity index (χ2v) is 31.1. The van der Waals surface area contributed by atoms with Crippen LogP contribution in [0.1, 0.15) is 105 Å². The van der Waals surface area contributed by atoms with Crippen molar-refractivity contribution in [3.05, 3.63) is 47.6 Å². The Morgan fingerprint density at radius 2 is 1.14 bits per heavy atom. The van der Waals surface area contributed by atoms with Gasteiger partial charge in [0.05, 0.1) is 63.4 Å². The summed E-state index contributed by atoms with van der Waals surface area (Å²) in [6, 6.07) is 6.57. The van der Waals surface area contributed by atoms with E-state index < -0.39 is 260 Å². The molecule has 0 amide bonds. The molecule has 570 valence electrons. The lowest BCUT2D eigenvalue weighted by molar-refractivity contribution is -0.391. The highest BCUT2D eigenvalue weighted by molar-refractivity contribution is 5.87. The highest BCUT2D eigenvalue weighted by Crippen LogP contribution is 2.76. The molecule has 4 saturated carbocycles. The Morgan fingerprint density at radius 1 is 0.574 bits per heavy atom. The molecule has 5 aliphatic heterocycles. The summed E-state index contributed by atoms with van der Waals surface area (Å²) < 4.78 is 72.9. The van der Waals surface area contributed by atoms with Crippen LogP contribution in [-0.4, -0.2) is 304 Å². The van der Waals surface area contributed by atoms with Crippen LogP contribution in [0.3, 0.4) is 0 Å². The fourth-order valence-corrected chi connectivity index (χ4v) is 19.2. The lowest BCUT2D eigenvalue weighted by atomic mass is 9.33. The number of methoxy groups -OCH3 is 1. The topological polar surface area (TPSA) is 506 Å². The second kappa shape index (κ2) is 29.6. The van der Waals surface area contributed by atoms with Gasteiger partial charge in [0.25, 0.3) is 0 Å². The maximum atomic E-state index is 16.3. The van der Waals surface area contributed by atoms with Crippen molar-refractivity contribution in [1.29, 1.82) is 0 Å². The van der Waals surface area contributed by atoms with E-state index in [0.29, 0.717) is 16.9 Å². The van der Waals surface area contributed by atoms with E-state index in [2.05, 4.69) is 0 Å². The number of carboxylic acid groups (broad SMARTS) is 1. The van der Waals surface area contributed by atoms with Gasteiger partial charge in [0.1, 0.15) is 109 Å². The third kappa shape index (κ3) is 13.4. The number of hydrogen-bond donors (Lipinski definition) is 17. The smallest absolute Gasteiger partial charge is 0.331 e. The van der Waals surface area contributed by atoms with Crippen LogP contribution >= 0.6 is 0 Å². The number of ether oxygens (including phenoxy) is 12. The number of allylic oxidation sites excluding steroid dienone is 1. The van der Waals surface area contributed by atoms with Crippen LogP contribution in [0.25, 0.3) is 6.08 Å². The molecular weight excluding hydrogens is 1340 g/mol. The second-order valence-electron chi connectivity index (χ2n) is 31.1. The number of carbonyl (C=O) groups excluding carboxylic acids is 2. The summed E-state index contributed by atoms with van der Waals surface area (Å²) in [6.45, 7) is 9.28. The van der Waals surface area contributed by atoms with Crippen molar-refractivity contribution in [2.75, 3.05) is 33.5 Å². The van der Waals surface area contributed by atoms with E-state index >= 15 is 4.79 Å². The molecule has 32 heteroatoms. The quantitative estimate of drug-likeness (QED) is 0.0297. The monoisotopic (exact) mass is 1440 g/mol. The van der Waals surface area contributed by atoms with E-state index in [1.165, 1.54) is 34.0 Å². The third-order valence-corrected chi connectivity index (χ3v) is 24.8. The largest absolute Gasteiger partial charge is 0.497 e. The average molecular weight is 1440 g/mol. The third-order valence-electron chi connectivity index (χ3n) is 24.8. The molecule has 0 radical (unpaired) electrons. The molecule has 0 spiro atoms. The molecule has 10 aliphatic rings. The van der Waals surface area contributed by atoms with Crippen LogP contribution in [0.5, 0.6) is 5.75 Å². The summed E-state index contributed by atoms with van der Waals surface area (Å²) in [4.78, 5) is 44.5. The van der Waals surface area contributed by atoms with E-state index in [4.69, 9.17) is 56.8 Å². The highest BCUT2D eigenvalue weighted by Gasteiger charge is 2.75. The van der Waals surface area contributed by atoms with E-state index in [1.54, 1.807) is 24.3 Å². The van der Waals surface area contributed by atoms with Crippen molar-refractivity contribution in [3.8, 4) is 5.75 Å². The molecule has 11 rings (SSSR count). The minimum Gasteiger partial charge on any atom is -0.497 e. The van der Waals surface area contributed by atoms with E-state index in [-0.39, 0.29) is 51.4 Å². The highest BCUT2D eigenvalue weighted by atomic mass is 16.8. The Bertz CT molecular complexity index is 3140. The molecule has 9 fully saturated rings. The lowest BCUT2D eigenvalue weighted by Crippen LogP contribution is -2.71. The first kappa shape index (κ1) is 78.0. The molecular formula is C69H102O32. The maximum Gasteiger partial charge on any atom is 0.331 e. The van der Waals surface area contributed by atoms with E-state index in [9.17, 15) is 96.4 Å². The van der Waals surface area contributed by atoms with Gasteiger partial charge in [-0.05, 0) is 130 Å². The summed E-state index contributed by atoms with van der Waals surface area (Å²) in [7, 11) is 1.47. The first-order valence-corrected chi connectivity index (χ1v) is 34.7. The zero-order valence-corrected chi connectivity index (χ0v) is 57.6. The predicted molar refractivity (Wildman–Crippen MR) is 339 cm³/mol. The van der Waals surface area contributed by atoms with Gasteiger partial charge in [0.15, 0.2) is 37.4 Å². The summed E-state index contributed by atoms with van der Waals surface area (Å²) in [5.41, 5.74) is -6.55. The number of carbonyl (C=O) groups is 3. The van der Waals surface area contributed by atoms with Gasteiger partial charge in [0, 0.05) is 11.5 Å². The van der Waals surface area contributed by atoms with Gasteiger partial charge in [-0.2, -0.15) is 0 Å². The number of carboxylic acids is 1. The molecule has 17 N–H and O–H groups in total. The van der Waals surface area contributed by atoms with Crippen LogP contribution in [0, 0.1) is 50.2 Å². The number of aliphatic hydroxyl groups excluding tert-OH is 16. The van der Waals surface area contributed by atoms with Gasteiger partial charge in [0.2, 0.25) is 6.29 Å². The van der Waals surface area contributed by atoms with E-state index in [0.717, 1.165) is 6.08 Å². The molecule has 35 atom stereocenters. The van der Waals surface area contributed by atoms with Crippen LogP contribution in [-0.2, 0) is 66.5 Å². The fourth-order valence-electron chi connectivity index (χ4n) is 19.2. The molecule has 32 nitrogen and oxygen atoms in total. The molecule has 5 heterocycles. The Hall–Kier alpha value is -4.09. The van der Waals surface area contributed by atoms with Crippen molar-refractivity contribution in [2.45, 2.75) is 266 Å². The summed E-state index contributed by atoms with van der Waals surface area (Å²) in [5, 5.41) is 191. The normalized spacial score (nSPS) is 49.8. The summed E-state index contributed by atoms with van der Waals surface area (Å²) in [5.74, 6) is -5.12. The SMILES string of the molecule is COc1ccc(/C=C/C(=O)O[C@@H]2[C@H](O[C@@H]3O[C@H](CO)[C@@H](O)[C@H](O)[C@H]3O)[C@@H](O[C@@H]3O[C@@H](C)[C@H](O[C@@H]4OC[C@@H](O)[C@H](O)[C@H]4O)[C@@H](O)[C@H]3O)[C@H](OC(=O)[C@@]34CC[C@]5(CO)C(=CC[C@@H]6[C@@]7(C)C[C@H](O)[C@H](O[C@@H]8O[C@H](CO)[C@@H](O)[C@H](O)[C@H]8O)[C@@](C)(C(=O)O)[C@@H]7CC[C@]65C)[C@@H]3CC(C)(C)C[C@H]4O)O[C@@H]2C)cc1.